The van der Waals surface area contributed by atoms with Crippen LogP contribution in [0.4, 0.5) is 0 Å². The van der Waals surface area contributed by atoms with Crippen LogP contribution in [0, 0.1) is 6.92 Å². The number of carbonyl (C=O) groups excluding carboxylic acids is 1. The van der Waals surface area contributed by atoms with Crippen molar-refractivity contribution in [2.45, 2.75) is 26.3 Å². The first-order chi connectivity index (χ1) is 11.6. The average molecular weight is 360 g/mol. The normalized spacial score (nSPS) is 10.8. The molecule has 0 spiro atoms. The molecule has 0 aliphatic carbocycles. The van der Waals surface area contributed by atoms with Crippen molar-refractivity contribution < 1.29 is 4.79 Å². The molecule has 124 valence electrons. The molecule has 0 radical (unpaired) electrons. The Bertz CT molecular complexity index is 823. The zero-order valence-electron chi connectivity index (χ0n) is 13.3. The number of hydrogen-bond donors (Lipinski definition) is 2. The van der Waals surface area contributed by atoms with Crippen LogP contribution in [-0.4, -0.2) is 15.9 Å². The van der Waals surface area contributed by atoms with Crippen LogP contribution >= 0.6 is 22.9 Å². The predicted molar refractivity (Wildman–Crippen MR) is 98.3 cm³/mol. The van der Waals surface area contributed by atoms with Gasteiger partial charge in [-0.15, -0.1) is 11.3 Å². The third-order valence-corrected chi connectivity index (χ3v) is 4.73. The second kappa shape index (κ2) is 7.64. The zero-order chi connectivity index (χ0) is 16.9. The van der Waals surface area contributed by atoms with E-state index in [1.165, 1.54) is 0 Å². The quantitative estimate of drug-likeness (QED) is 0.687. The van der Waals surface area contributed by atoms with Crippen molar-refractivity contribution >= 4 is 28.8 Å². The fraction of sp³-hybridized carbons (Fsp3) is 0.222. The number of aromatic amines is 1. The monoisotopic (exact) mass is 359 g/mol. The van der Waals surface area contributed by atoms with Gasteiger partial charge in [-0.05, 0) is 43.2 Å². The van der Waals surface area contributed by atoms with Crippen LogP contribution in [0.2, 0.25) is 5.02 Å². The average Bonchev–Trinajstić information content (AvgIpc) is 3.21. The first-order valence-electron chi connectivity index (χ1n) is 7.72. The number of aryl methyl sites for hydroxylation is 2. The maximum Gasteiger partial charge on any atom is 0.220 e. The summed E-state index contributed by atoms with van der Waals surface area (Å²) in [7, 11) is 0. The molecule has 1 amide bonds. The van der Waals surface area contributed by atoms with Crippen LogP contribution in [0.25, 0.3) is 11.3 Å². The molecule has 6 heteroatoms. The van der Waals surface area contributed by atoms with E-state index >= 15 is 0 Å². The van der Waals surface area contributed by atoms with Gasteiger partial charge in [0.15, 0.2) is 0 Å². The van der Waals surface area contributed by atoms with Gasteiger partial charge in [0.1, 0.15) is 0 Å². The van der Waals surface area contributed by atoms with Crippen LogP contribution in [0.3, 0.4) is 0 Å². The van der Waals surface area contributed by atoms with E-state index in [2.05, 4.69) is 15.3 Å². The fourth-order valence-electron chi connectivity index (χ4n) is 2.40. The highest BCUT2D eigenvalue weighted by Gasteiger charge is 2.06. The SMILES string of the molecule is Cc1nc(CNC(=O)CCc2ccc(-c3ccc(Cl)cc3)[nH]2)cs1. The molecule has 0 aliphatic rings. The van der Waals surface area contributed by atoms with E-state index in [4.69, 9.17) is 11.6 Å². The Hall–Kier alpha value is -2.11. The molecule has 0 unspecified atom stereocenters. The smallest absolute Gasteiger partial charge is 0.220 e. The minimum absolute atomic E-state index is 0.0308. The molecule has 3 rings (SSSR count). The van der Waals surface area contributed by atoms with Crippen LogP contribution in [0.5, 0.6) is 0 Å². The lowest BCUT2D eigenvalue weighted by Crippen LogP contribution is -2.23. The van der Waals surface area contributed by atoms with Crippen molar-refractivity contribution in [3.63, 3.8) is 0 Å². The maximum atomic E-state index is 11.9. The second-order valence-electron chi connectivity index (χ2n) is 5.54. The number of halogens is 1. The Kier molecular flexibility index (Phi) is 5.33. The number of hydrogen-bond acceptors (Lipinski definition) is 3. The molecule has 0 saturated heterocycles. The minimum Gasteiger partial charge on any atom is -0.358 e. The van der Waals surface area contributed by atoms with Gasteiger partial charge in [0.2, 0.25) is 5.91 Å². The zero-order valence-corrected chi connectivity index (χ0v) is 14.9. The topological polar surface area (TPSA) is 57.8 Å². The highest BCUT2D eigenvalue weighted by Crippen LogP contribution is 2.21. The van der Waals surface area contributed by atoms with E-state index in [-0.39, 0.29) is 5.91 Å². The number of benzene rings is 1. The Balaban J connectivity index is 1.49. The van der Waals surface area contributed by atoms with Crippen LogP contribution in [0.15, 0.2) is 41.8 Å². The Morgan fingerprint density at radius 2 is 2.04 bits per heavy atom. The van der Waals surface area contributed by atoms with Gasteiger partial charge in [0, 0.05) is 28.2 Å². The van der Waals surface area contributed by atoms with E-state index < -0.39 is 0 Å². The molecule has 3 aromatic rings. The van der Waals surface area contributed by atoms with Gasteiger partial charge in [0.05, 0.1) is 17.2 Å². The van der Waals surface area contributed by atoms with E-state index in [0.29, 0.717) is 19.4 Å². The van der Waals surface area contributed by atoms with Crippen molar-refractivity contribution in [2.24, 2.45) is 0 Å². The summed E-state index contributed by atoms with van der Waals surface area (Å²) >= 11 is 7.50. The molecule has 2 aromatic heterocycles. The van der Waals surface area contributed by atoms with Crippen LogP contribution in [0.1, 0.15) is 22.8 Å². The lowest BCUT2D eigenvalue weighted by atomic mass is 10.2. The number of H-pyrrole nitrogens is 1. The molecule has 4 nitrogen and oxygen atoms in total. The summed E-state index contributed by atoms with van der Waals surface area (Å²) in [6.07, 6.45) is 1.12. The van der Waals surface area contributed by atoms with Crippen molar-refractivity contribution in [2.75, 3.05) is 0 Å². The van der Waals surface area contributed by atoms with Crippen molar-refractivity contribution in [1.82, 2.24) is 15.3 Å². The number of amides is 1. The van der Waals surface area contributed by atoms with Gasteiger partial charge in [-0.2, -0.15) is 0 Å². The van der Waals surface area contributed by atoms with E-state index in [1.807, 2.05) is 48.7 Å². The standard InChI is InChI=1S/C18H18ClN3OS/c1-12-21-16(11-24-12)10-20-18(23)9-7-15-6-8-17(22-15)13-2-4-14(19)5-3-13/h2-6,8,11,22H,7,9-10H2,1H3,(H,20,23). The molecular formula is C18H18ClN3OS. The molecule has 2 heterocycles. The Morgan fingerprint density at radius 3 is 2.75 bits per heavy atom. The summed E-state index contributed by atoms with van der Waals surface area (Å²) in [5, 5.41) is 6.61. The summed E-state index contributed by atoms with van der Waals surface area (Å²) in [5.41, 5.74) is 4.06. The van der Waals surface area contributed by atoms with Gasteiger partial charge < -0.3 is 10.3 Å². The van der Waals surface area contributed by atoms with Gasteiger partial charge in [-0.25, -0.2) is 4.98 Å². The third-order valence-electron chi connectivity index (χ3n) is 3.66. The molecule has 0 fully saturated rings. The first kappa shape index (κ1) is 16.7. The molecule has 2 N–H and O–H groups in total. The lowest BCUT2D eigenvalue weighted by Gasteiger charge is -2.03. The van der Waals surface area contributed by atoms with Crippen LogP contribution in [-0.2, 0) is 17.8 Å². The fourth-order valence-corrected chi connectivity index (χ4v) is 3.14. The largest absolute Gasteiger partial charge is 0.358 e. The number of thiazole rings is 1. The first-order valence-corrected chi connectivity index (χ1v) is 8.97. The highest BCUT2D eigenvalue weighted by atomic mass is 35.5. The molecule has 0 aliphatic heterocycles. The molecule has 0 atom stereocenters. The summed E-state index contributed by atoms with van der Waals surface area (Å²) in [5.74, 6) is 0.0308. The van der Waals surface area contributed by atoms with Crippen molar-refractivity contribution in [3.8, 4) is 11.3 Å². The van der Waals surface area contributed by atoms with E-state index in [1.54, 1.807) is 11.3 Å². The predicted octanol–water partition coefficient (Wildman–Crippen LogP) is 4.35. The number of carbonyl (C=O) groups is 1. The number of rotatable bonds is 6. The third kappa shape index (κ3) is 4.46. The van der Waals surface area contributed by atoms with E-state index in [0.717, 1.165) is 32.7 Å². The van der Waals surface area contributed by atoms with E-state index in [9.17, 15) is 4.79 Å². The summed E-state index contributed by atoms with van der Waals surface area (Å²) in [4.78, 5) is 19.6. The highest BCUT2D eigenvalue weighted by molar-refractivity contribution is 7.09. The summed E-state index contributed by atoms with van der Waals surface area (Å²) in [6, 6.07) is 11.7. The molecule has 1 aromatic carbocycles. The Morgan fingerprint density at radius 1 is 1.25 bits per heavy atom. The van der Waals surface area contributed by atoms with Gasteiger partial charge in [-0.1, -0.05) is 23.7 Å². The van der Waals surface area contributed by atoms with Gasteiger partial charge in [-0.3, -0.25) is 4.79 Å². The van der Waals surface area contributed by atoms with Gasteiger partial charge in [0.25, 0.3) is 0 Å². The Labute approximate surface area is 149 Å². The summed E-state index contributed by atoms with van der Waals surface area (Å²) in [6.45, 7) is 2.45. The van der Waals surface area contributed by atoms with Gasteiger partial charge >= 0.3 is 0 Å². The minimum atomic E-state index is 0.0308. The summed E-state index contributed by atoms with van der Waals surface area (Å²) < 4.78 is 0. The second-order valence-corrected chi connectivity index (χ2v) is 7.04. The number of nitrogens with zero attached hydrogens (tertiary/aromatic N) is 1. The van der Waals surface area contributed by atoms with Crippen LogP contribution < -0.4 is 5.32 Å². The molecule has 24 heavy (non-hydrogen) atoms. The molecular weight excluding hydrogens is 342 g/mol. The number of aromatic nitrogens is 2. The maximum absolute atomic E-state index is 11.9. The lowest BCUT2D eigenvalue weighted by molar-refractivity contribution is -0.121. The molecule has 0 saturated carbocycles. The molecule has 0 bridgehead atoms. The van der Waals surface area contributed by atoms with Crippen molar-refractivity contribution in [1.29, 1.82) is 0 Å². The van der Waals surface area contributed by atoms with Crippen molar-refractivity contribution in [3.05, 3.63) is 63.2 Å². The number of nitrogens with one attached hydrogen (secondary N) is 2.